The maximum absolute atomic E-state index is 12.6. The first-order chi connectivity index (χ1) is 12.2. The van der Waals surface area contributed by atoms with Crippen molar-refractivity contribution in [1.29, 1.82) is 0 Å². The van der Waals surface area contributed by atoms with Crippen LogP contribution in [0, 0.1) is 6.92 Å². The molecule has 0 spiro atoms. The van der Waals surface area contributed by atoms with E-state index >= 15 is 0 Å². The number of hydrogen-bond acceptors (Lipinski definition) is 4. The lowest BCUT2D eigenvalue weighted by Gasteiger charge is -2.19. The monoisotopic (exact) mass is 382 g/mol. The van der Waals surface area contributed by atoms with Crippen molar-refractivity contribution in [2.75, 3.05) is 13.1 Å². The van der Waals surface area contributed by atoms with Crippen LogP contribution in [0.25, 0.3) is 0 Å². The van der Waals surface area contributed by atoms with Crippen molar-refractivity contribution in [3.8, 4) is 0 Å². The smallest absolute Gasteiger partial charge is 0.326 e. The fraction of sp³-hybridized carbons (Fsp3) is 0.444. The Kier molecular flexibility index (Phi) is 7.98. The lowest BCUT2D eigenvalue weighted by atomic mass is 10.1. The normalized spacial score (nSPS) is 13.1. The highest BCUT2D eigenvalue weighted by molar-refractivity contribution is 7.89. The number of nitrogens with one attached hydrogen (secondary N) is 1. The minimum absolute atomic E-state index is 0.0114. The molecule has 1 unspecified atom stereocenters. The Labute approximate surface area is 154 Å². The Hall–Kier alpha value is -2.19. The molecule has 144 valence electrons. The van der Waals surface area contributed by atoms with Gasteiger partial charge in [0, 0.05) is 18.7 Å². The number of rotatable bonds is 9. The molecule has 0 aliphatic rings. The van der Waals surface area contributed by atoms with E-state index in [1.165, 1.54) is 16.4 Å². The van der Waals surface area contributed by atoms with E-state index in [9.17, 15) is 23.1 Å². The average Bonchev–Trinajstić information content (AvgIpc) is 2.59. The molecule has 0 saturated carbocycles. The van der Waals surface area contributed by atoms with Crippen LogP contribution in [-0.4, -0.2) is 48.8 Å². The summed E-state index contributed by atoms with van der Waals surface area (Å²) < 4.78 is 26.6. The van der Waals surface area contributed by atoms with E-state index in [2.05, 4.69) is 5.32 Å². The SMILES string of the molecule is C/C=C/CC(NC(=O)c1cc(S(=O)(=O)N(CC)CC)ccc1C)C(=O)O. The Morgan fingerprint density at radius 3 is 2.38 bits per heavy atom. The second-order valence-electron chi connectivity index (χ2n) is 5.74. The zero-order chi connectivity index (χ0) is 19.9. The quantitative estimate of drug-likeness (QED) is 0.637. The number of carbonyl (C=O) groups is 2. The van der Waals surface area contributed by atoms with E-state index in [1.807, 2.05) is 0 Å². The van der Waals surface area contributed by atoms with Crippen LogP contribution in [0.1, 0.15) is 43.1 Å². The number of benzene rings is 1. The lowest BCUT2D eigenvalue weighted by Crippen LogP contribution is -2.40. The molecule has 1 aromatic rings. The second-order valence-corrected chi connectivity index (χ2v) is 7.67. The number of sulfonamides is 1. The van der Waals surface area contributed by atoms with Gasteiger partial charge in [-0.3, -0.25) is 4.79 Å². The number of hydrogen-bond donors (Lipinski definition) is 2. The zero-order valence-electron chi connectivity index (χ0n) is 15.5. The number of allylic oxidation sites excluding steroid dienone is 1. The third-order valence-corrected chi connectivity index (χ3v) is 6.05. The Bertz CT molecular complexity index is 783. The predicted octanol–water partition coefficient (Wildman–Crippen LogP) is 2.17. The first-order valence-electron chi connectivity index (χ1n) is 8.44. The number of aliphatic carboxylic acids is 1. The van der Waals surface area contributed by atoms with Gasteiger partial charge in [-0.15, -0.1) is 0 Å². The van der Waals surface area contributed by atoms with Gasteiger partial charge in [0.1, 0.15) is 6.04 Å². The van der Waals surface area contributed by atoms with Crippen molar-refractivity contribution in [1.82, 2.24) is 9.62 Å². The van der Waals surface area contributed by atoms with E-state index in [0.717, 1.165) is 0 Å². The number of carbonyl (C=O) groups excluding carboxylic acids is 1. The van der Waals surface area contributed by atoms with Crippen LogP contribution in [0.15, 0.2) is 35.2 Å². The minimum atomic E-state index is -3.71. The topological polar surface area (TPSA) is 104 Å². The van der Waals surface area contributed by atoms with Crippen LogP contribution in [0.4, 0.5) is 0 Å². The van der Waals surface area contributed by atoms with Crippen LogP contribution in [0.2, 0.25) is 0 Å². The van der Waals surface area contributed by atoms with E-state index in [-0.39, 0.29) is 16.9 Å². The molecule has 0 bridgehead atoms. The highest BCUT2D eigenvalue weighted by atomic mass is 32.2. The van der Waals surface area contributed by atoms with E-state index in [1.54, 1.807) is 45.9 Å². The number of carboxylic acid groups (broad SMARTS) is 1. The van der Waals surface area contributed by atoms with Crippen LogP contribution in [0.5, 0.6) is 0 Å². The van der Waals surface area contributed by atoms with Gasteiger partial charge in [-0.2, -0.15) is 4.31 Å². The third kappa shape index (κ3) is 5.15. The summed E-state index contributed by atoms with van der Waals surface area (Å²) in [5.41, 5.74) is 0.709. The minimum Gasteiger partial charge on any atom is -0.480 e. The molecule has 1 rings (SSSR count). The summed E-state index contributed by atoms with van der Waals surface area (Å²) in [5.74, 6) is -1.77. The summed E-state index contributed by atoms with van der Waals surface area (Å²) in [6.07, 6.45) is 3.49. The van der Waals surface area contributed by atoms with Gasteiger partial charge in [-0.1, -0.05) is 32.1 Å². The van der Waals surface area contributed by atoms with Gasteiger partial charge in [-0.05, 0) is 38.0 Å². The maximum Gasteiger partial charge on any atom is 0.326 e. The molecule has 1 aromatic carbocycles. The van der Waals surface area contributed by atoms with Crippen LogP contribution in [0.3, 0.4) is 0 Å². The molecule has 7 nitrogen and oxygen atoms in total. The van der Waals surface area contributed by atoms with Gasteiger partial charge in [-0.25, -0.2) is 13.2 Å². The molecular formula is C18H26N2O5S. The van der Waals surface area contributed by atoms with Gasteiger partial charge < -0.3 is 10.4 Å². The Morgan fingerprint density at radius 1 is 1.27 bits per heavy atom. The molecule has 1 atom stereocenters. The number of amides is 1. The summed E-state index contributed by atoms with van der Waals surface area (Å²) >= 11 is 0. The van der Waals surface area contributed by atoms with E-state index in [0.29, 0.717) is 18.7 Å². The fourth-order valence-electron chi connectivity index (χ4n) is 2.45. The Morgan fingerprint density at radius 2 is 1.88 bits per heavy atom. The van der Waals surface area contributed by atoms with Crippen LogP contribution in [-0.2, 0) is 14.8 Å². The zero-order valence-corrected chi connectivity index (χ0v) is 16.3. The van der Waals surface area contributed by atoms with Crippen molar-refractivity contribution < 1.29 is 23.1 Å². The number of aryl methyl sites for hydroxylation is 1. The molecule has 26 heavy (non-hydrogen) atoms. The fourth-order valence-corrected chi connectivity index (χ4v) is 3.93. The lowest BCUT2D eigenvalue weighted by molar-refractivity contribution is -0.139. The van der Waals surface area contributed by atoms with Crippen LogP contribution >= 0.6 is 0 Å². The van der Waals surface area contributed by atoms with Crippen molar-refractivity contribution in [2.24, 2.45) is 0 Å². The maximum atomic E-state index is 12.6. The van der Waals surface area contributed by atoms with E-state index in [4.69, 9.17) is 0 Å². The van der Waals surface area contributed by atoms with Gasteiger partial charge in [0.15, 0.2) is 0 Å². The summed E-state index contributed by atoms with van der Waals surface area (Å²) in [6.45, 7) is 7.54. The molecule has 8 heteroatoms. The van der Waals surface area contributed by atoms with Crippen molar-refractivity contribution in [3.05, 3.63) is 41.5 Å². The molecular weight excluding hydrogens is 356 g/mol. The first-order valence-corrected chi connectivity index (χ1v) is 9.88. The summed E-state index contributed by atoms with van der Waals surface area (Å²) in [7, 11) is -3.71. The number of nitrogens with zero attached hydrogens (tertiary/aromatic N) is 1. The average molecular weight is 382 g/mol. The molecule has 0 fully saturated rings. The first kappa shape index (κ1) is 21.9. The summed E-state index contributed by atoms with van der Waals surface area (Å²) in [4.78, 5) is 23.8. The van der Waals surface area contributed by atoms with Gasteiger partial charge in [0.25, 0.3) is 5.91 Å². The second kappa shape index (κ2) is 9.49. The molecule has 2 N–H and O–H groups in total. The van der Waals surface area contributed by atoms with E-state index < -0.39 is 27.9 Å². The molecule has 0 aromatic heterocycles. The summed E-state index contributed by atoms with van der Waals surface area (Å²) in [6, 6.07) is 3.22. The van der Waals surface area contributed by atoms with Crippen molar-refractivity contribution >= 4 is 21.9 Å². The number of carboxylic acids is 1. The highest BCUT2D eigenvalue weighted by Gasteiger charge is 2.25. The van der Waals surface area contributed by atoms with Gasteiger partial charge >= 0.3 is 5.97 Å². The Balaban J connectivity index is 3.21. The van der Waals surface area contributed by atoms with Crippen LogP contribution < -0.4 is 5.32 Å². The predicted molar refractivity (Wildman–Crippen MR) is 99.6 cm³/mol. The van der Waals surface area contributed by atoms with Gasteiger partial charge in [0.2, 0.25) is 10.0 Å². The summed E-state index contributed by atoms with van der Waals surface area (Å²) in [5, 5.41) is 11.7. The third-order valence-electron chi connectivity index (χ3n) is 4.01. The highest BCUT2D eigenvalue weighted by Crippen LogP contribution is 2.20. The van der Waals surface area contributed by atoms with Crippen molar-refractivity contribution in [3.63, 3.8) is 0 Å². The standard InChI is InChI=1S/C18H26N2O5S/c1-5-8-9-16(18(22)23)19-17(21)15-12-14(11-10-13(15)4)26(24,25)20(6-2)7-3/h5,8,10-12,16H,6-7,9H2,1-4H3,(H,19,21)(H,22,23)/b8-5+. The molecule has 1 amide bonds. The molecule has 0 aliphatic heterocycles. The van der Waals surface area contributed by atoms with Crippen molar-refractivity contribution in [2.45, 2.75) is 45.1 Å². The molecule has 0 aliphatic carbocycles. The largest absolute Gasteiger partial charge is 0.480 e. The molecule has 0 heterocycles. The molecule has 0 radical (unpaired) electrons. The molecule has 0 saturated heterocycles. The van der Waals surface area contributed by atoms with Gasteiger partial charge in [0.05, 0.1) is 4.90 Å².